The van der Waals surface area contributed by atoms with E-state index in [9.17, 15) is 0 Å². The average molecular weight is 177 g/mol. The maximum atomic E-state index is 2.47. The van der Waals surface area contributed by atoms with Crippen LogP contribution in [0, 0.1) is 0 Å². The first-order chi connectivity index (χ1) is 6.36. The van der Waals surface area contributed by atoms with Gasteiger partial charge in [0, 0.05) is 6.54 Å². The van der Waals surface area contributed by atoms with Gasteiger partial charge in [-0.25, -0.2) is 0 Å². The Morgan fingerprint density at radius 1 is 1.08 bits per heavy atom. The molecule has 0 N–H and O–H groups in total. The van der Waals surface area contributed by atoms with Gasteiger partial charge in [-0.05, 0) is 25.1 Å². The molecule has 0 saturated heterocycles. The Morgan fingerprint density at radius 2 is 1.77 bits per heavy atom. The largest absolute Gasteiger partial charge is 0.299 e. The third kappa shape index (κ3) is 3.60. The Morgan fingerprint density at radius 3 is 2.31 bits per heavy atom. The van der Waals surface area contributed by atoms with Crippen LogP contribution in [0.5, 0.6) is 0 Å². The van der Waals surface area contributed by atoms with Gasteiger partial charge in [-0.1, -0.05) is 44.2 Å². The molecule has 0 radical (unpaired) electrons. The quantitative estimate of drug-likeness (QED) is 0.668. The molecule has 0 bridgehead atoms. The highest BCUT2D eigenvalue weighted by Crippen LogP contribution is 2.04. The van der Waals surface area contributed by atoms with Gasteiger partial charge in [-0.2, -0.15) is 0 Å². The Hall–Kier alpha value is -0.820. The van der Waals surface area contributed by atoms with Gasteiger partial charge in [0.15, 0.2) is 0 Å². The molecular formula is C12H19N. The fraction of sp³-hybridized carbons (Fsp3) is 0.500. The summed E-state index contributed by atoms with van der Waals surface area (Å²) >= 11 is 0. The van der Waals surface area contributed by atoms with Gasteiger partial charge in [0.25, 0.3) is 0 Å². The molecular weight excluding hydrogens is 158 g/mol. The highest BCUT2D eigenvalue weighted by atomic mass is 15.1. The normalized spacial score (nSPS) is 10.7. The van der Waals surface area contributed by atoms with Crippen LogP contribution < -0.4 is 0 Å². The minimum atomic E-state index is 1.09. The first-order valence-corrected chi connectivity index (χ1v) is 5.13. The first-order valence-electron chi connectivity index (χ1n) is 5.13. The Balaban J connectivity index is 2.46. The predicted molar refractivity (Wildman–Crippen MR) is 57.7 cm³/mol. The fourth-order valence-electron chi connectivity index (χ4n) is 1.51. The van der Waals surface area contributed by atoms with E-state index in [0.717, 1.165) is 13.1 Å². The van der Waals surface area contributed by atoms with E-state index in [1.807, 2.05) is 0 Å². The topological polar surface area (TPSA) is 3.24 Å². The van der Waals surface area contributed by atoms with E-state index in [2.05, 4.69) is 49.1 Å². The second-order valence-electron chi connectivity index (χ2n) is 3.35. The van der Waals surface area contributed by atoms with Crippen LogP contribution in [0.1, 0.15) is 25.8 Å². The lowest BCUT2D eigenvalue weighted by atomic mass is 10.2. The first kappa shape index (κ1) is 10.3. The molecule has 1 rings (SSSR count). The van der Waals surface area contributed by atoms with Crippen LogP contribution in [0.3, 0.4) is 0 Å². The average Bonchev–Trinajstić information content (AvgIpc) is 2.19. The molecule has 0 unspecified atom stereocenters. The third-order valence-corrected chi connectivity index (χ3v) is 2.24. The van der Waals surface area contributed by atoms with Crippen molar-refractivity contribution in [1.82, 2.24) is 4.90 Å². The number of benzene rings is 1. The molecule has 0 aliphatic carbocycles. The van der Waals surface area contributed by atoms with Crippen molar-refractivity contribution in [2.24, 2.45) is 0 Å². The lowest BCUT2D eigenvalue weighted by molar-refractivity contribution is 0.280. The number of hydrogen-bond donors (Lipinski definition) is 0. The van der Waals surface area contributed by atoms with Crippen LogP contribution in [-0.2, 0) is 6.54 Å². The van der Waals surface area contributed by atoms with E-state index >= 15 is 0 Å². The minimum Gasteiger partial charge on any atom is -0.299 e. The second-order valence-corrected chi connectivity index (χ2v) is 3.35. The molecule has 72 valence electrons. The summed E-state index contributed by atoms with van der Waals surface area (Å²) < 4.78 is 0. The van der Waals surface area contributed by atoms with Gasteiger partial charge in [0.05, 0.1) is 0 Å². The molecule has 0 aliphatic heterocycles. The SMILES string of the molecule is CCCN(CC)Cc1ccccc1. The van der Waals surface area contributed by atoms with Crippen molar-refractivity contribution in [2.75, 3.05) is 13.1 Å². The van der Waals surface area contributed by atoms with E-state index < -0.39 is 0 Å². The zero-order valence-corrected chi connectivity index (χ0v) is 8.66. The van der Waals surface area contributed by atoms with Crippen molar-refractivity contribution in [3.05, 3.63) is 35.9 Å². The molecule has 1 heteroatoms. The lowest BCUT2D eigenvalue weighted by Gasteiger charge is -2.19. The Bertz CT molecular complexity index is 218. The molecule has 0 aliphatic rings. The van der Waals surface area contributed by atoms with Crippen molar-refractivity contribution in [3.63, 3.8) is 0 Å². The number of rotatable bonds is 5. The second kappa shape index (κ2) is 5.76. The molecule has 1 aromatic rings. The summed E-state index contributed by atoms with van der Waals surface area (Å²) in [7, 11) is 0. The van der Waals surface area contributed by atoms with Crippen molar-refractivity contribution >= 4 is 0 Å². The van der Waals surface area contributed by atoms with E-state index in [1.54, 1.807) is 0 Å². The molecule has 1 nitrogen and oxygen atoms in total. The summed E-state index contributed by atoms with van der Waals surface area (Å²) in [6, 6.07) is 10.7. The smallest absolute Gasteiger partial charge is 0.0233 e. The fourth-order valence-corrected chi connectivity index (χ4v) is 1.51. The summed E-state index contributed by atoms with van der Waals surface area (Å²) in [6.45, 7) is 7.88. The monoisotopic (exact) mass is 177 g/mol. The molecule has 0 fully saturated rings. The van der Waals surface area contributed by atoms with Gasteiger partial charge in [0.1, 0.15) is 0 Å². The predicted octanol–water partition coefficient (Wildman–Crippen LogP) is 2.92. The van der Waals surface area contributed by atoms with Crippen LogP contribution in [-0.4, -0.2) is 18.0 Å². The van der Waals surface area contributed by atoms with Crippen LogP contribution >= 0.6 is 0 Å². The number of nitrogens with zero attached hydrogens (tertiary/aromatic N) is 1. The molecule has 0 atom stereocenters. The highest BCUT2D eigenvalue weighted by molar-refractivity contribution is 5.14. The summed E-state index contributed by atoms with van der Waals surface area (Å²) in [5, 5.41) is 0. The van der Waals surface area contributed by atoms with Crippen molar-refractivity contribution < 1.29 is 0 Å². The lowest BCUT2D eigenvalue weighted by Crippen LogP contribution is -2.23. The molecule has 0 amide bonds. The summed E-state index contributed by atoms with van der Waals surface area (Å²) in [4.78, 5) is 2.47. The van der Waals surface area contributed by atoms with Gasteiger partial charge in [-0.3, -0.25) is 4.90 Å². The van der Waals surface area contributed by atoms with Crippen molar-refractivity contribution in [2.45, 2.75) is 26.8 Å². The maximum Gasteiger partial charge on any atom is 0.0233 e. The minimum absolute atomic E-state index is 1.09. The zero-order valence-electron chi connectivity index (χ0n) is 8.66. The van der Waals surface area contributed by atoms with Crippen molar-refractivity contribution in [3.8, 4) is 0 Å². The standard InChI is InChI=1S/C12H19N/c1-3-10-13(4-2)11-12-8-6-5-7-9-12/h5-9H,3-4,10-11H2,1-2H3. The van der Waals surface area contributed by atoms with Gasteiger partial charge in [-0.15, -0.1) is 0 Å². The molecule has 0 spiro atoms. The highest BCUT2D eigenvalue weighted by Gasteiger charge is 2.00. The molecule has 1 aromatic carbocycles. The van der Waals surface area contributed by atoms with Gasteiger partial charge >= 0.3 is 0 Å². The number of hydrogen-bond acceptors (Lipinski definition) is 1. The molecule has 0 heterocycles. The van der Waals surface area contributed by atoms with Crippen LogP contribution in [0.15, 0.2) is 30.3 Å². The van der Waals surface area contributed by atoms with Crippen LogP contribution in [0.2, 0.25) is 0 Å². The molecule has 0 saturated carbocycles. The third-order valence-electron chi connectivity index (χ3n) is 2.24. The summed E-state index contributed by atoms with van der Waals surface area (Å²) in [5.41, 5.74) is 1.41. The van der Waals surface area contributed by atoms with Gasteiger partial charge in [0.2, 0.25) is 0 Å². The zero-order chi connectivity index (χ0) is 9.52. The van der Waals surface area contributed by atoms with E-state index in [-0.39, 0.29) is 0 Å². The Kier molecular flexibility index (Phi) is 4.55. The van der Waals surface area contributed by atoms with Gasteiger partial charge < -0.3 is 0 Å². The Labute approximate surface area is 81.4 Å². The van der Waals surface area contributed by atoms with E-state index in [1.165, 1.54) is 18.5 Å². The van der Waals surface area contributed by atoms with E-state index in [0.29, 0.717) is 0 Å². The maximum absolute atomic E-state index is 2.47. The van der Waals surface area contributed by atoms with Crippen molar-refractivity contribution in [1.29, 1.82) is 0 Å². The molecule has 13 heavy (non-hydrogen) atoms. The summed E-state index contributed by atoms with van der Waals surface area (Å²) in [5.74, 6) is 0. The van der Waals surface area contributed by atoms with Crippen LogP contribution in [0.25, 0.3) is 0 Å². The molecule has 0 aromatic heterocycles. The summed E-state index contributed by atoms with van der Waals surface area (Å²) in [6.07, 6.45) is 1.24. The van der Waals surface area contributed by atoms with E-state index in [4.69, 9.17) is 0 Å². The van der Waals surface area contributed by atoms with Crippen LogP contribution in [0.4, 0.5) is 0 Å².